The minimum absolute atomic E-state index is 0.0349. The van der Waals surface area contributed by atoms with Crippen LogP contribution >= 0.6 is 0 Å². The van der Waals surface area contributed by atoms with Crippen LogP contribution in [0.4, 0.5) is 0 Å². The van der Waals surface area contributed by atoms with E-state index in [0.717, 1.165) is 5.56 Å². The fourth-order valence-electron chi connectivity index (χ4n) is 1.17. The summed E-state index contributed by atoms with van der Waals surface area (Å²) < 4.78 is 0. The zero-order valence-corrected chi connectivity index (χ0v) is 8.03. The highest BCUT2D eigenvalue weighted by Crippen LogP contribution is 2.06. The number of hydrogen-bond donors (Lipinski definition) is 1. The summed E-state index contributed by atoms with van der Waals surface area (Å²) >= 11 is 0. The van der Waals surface area contributed by atoms with Crippen molar-refractivity contribution in [3.63, 3.8) is 0 Å². The van der Waals surface area contributed by atoms with Gasteiger partial charge in [-0.25, -0.2) is 0 Å². The van der Waals surface area contributed by atoms with Crippen LogP contribution in [0, 0.1) is 11.3 Å². The van der Waals surface area contributed by atoms with E-state index in [1.807, 2.05) is 12.1 Å². The van der Waals surface area contributed by atoms with E-state index in [-0.39, 0.29) is 5.78 Å². The molecule has 0 bridgehead atoms. The van der Waals surface area contributed by atoms with Crippen LogP contribution in [-0.2, 0) is 11.2 Å². The number of rotatable bonds is 3. The molecule has 1 atom stereocenters. The van der Waals surface area contributed by atoms with E-state index in [1.54, 1.807) is 18.2 Å². The number of carbonyl (C=O) groups is 1. The van der Waals surface area contributed by atoms with E-state index in [2.05, 4.69) is 0 Å². The van der Waals surface area contributed by atoms with Gasteiger partial charge in [0.2, 0.25) is 0 Å². The van der Waals surface area contributed by atoms with E-state index < -0.39 is 6.04 Å². The molecule has 1 rings (SSSR count). The van der Waals surface area contributed by atoms with Crippen LogP contribution in [0.15, 0.2) is 24.3 Å². The first-order valence-corrected chi connectivity index (χ1v) is 4.38. The second-order valence-electron chi connectivity index (χ2n) is 3.23. The first-order valence-electron chi connectivity index (χ1n) is 4.38. The Kier molecular flexibility index (Phi) is 3.38. The van der Waals surface area contributed by atoms with Gasteiger partial charge in [0, 0.05) is 0 Å². The molecule has 2 N–H and O–H groups in total. The lowest BCUT2D eigenvalue weighted by atomic mass is 10.0. The molecule has 0 fully saturated rings. The van der Waals surface area contributed by atoms with Crippen LogP contribution in [0.3, 0.4) is 0 Å². The van der Waals surface area contributed by atoms with Gasteiger partial charge in [0.25, 0.3) is 0 Å². The van der Waals surface area contributed by atoms with E-state index in [4.69, 9.17) is 11.0 Å². The number of nitrogens with zero attached hydrogens (tertiary/aromatic N) is 1. The number of Topliss-reactive ketones (excluding diaryl/α,β-unsaturated/α-hetero) is 1. The lowest BCUT2D eigenvalue weighted by Crippen LogP contribution is -2.30. The Balaban J connectivity index is 2.78. The van der Waals surface area contributed by atoms with Crippen molar-refractivity contribution in [2.24, 2.45) is 5.73 Å². The Labute approximate surface area is 83.2 Å². The highest BCUT2D eigenvalue weighted by atomic mass is 16.1. The lowest BCUT2D eigenvalue weighted by Gasteiger charge is -2.07. The Morgan fingerprint density at radius 2 is 2.36 bits per heavy atom. The SMILES string of the molecule is CC(=O)C(N)Cc1cccc(C#N)c1. The molecule has 1 unspecified atom stereocenters. The Hall–Kier alpha value is -1.66. The minimum Gasteiger partial charge on any atom is -0.321 e. The molecule has 72 valence electrons. The second kappa shape index (κ2) is 4.54. The van der Waals surface area contributed by atoms with Crippen LogP contribution in [0.25, 0.3) is 0 Å². The molecule has 0 heterocycles. The van der Waals surface area contributed by atoms with Crippen LogP contribution < -0.4 is 5.73 Å². The van der Waals surface area contributed by atoms with Crippen molar-refractivity contribution in [1.29, 1.82) is 5.26 Å². The first-order chi connectivity index (χ1) is 6.63. The van der Waals surface area contributed by atoms with Gasteiger partial charge in [-0.15, -0.1) is 0 Å². The molecular weight excluding hydrogens is 176 g/mol. The van der Waals surface area contributed by atoms with Gasteiger partial charge in [0.1, 0.15) is 5.78 Å². The van der Waals surface area contributed by atoms with Crippen molar-refractivity contribution >= 4 is 5.78 Å². The van der Waals surface area contributed by atoms with Crippen LogP contribution in [0.1, 0.15) is 18.1 Å². The average Bonchev–Trinajstić information content (AvgIpc) is 2.18. The number of benzene rings is 1. The van der Waals surface area contributed by atoms with Crippen molar-refractivity contribution in [3.8, 4) is 6.07 Å². The molecule has 0 radical (unpaired) electrons. The number of ketones is 1. The predicted octanol–water partition coefficient (Wildman–Crippen LogP) is 1.02. The molecule has 0 amide bonds. The maximum atomic E-state index is 10.9. The van der Waals surface area contributed by atoms with Crippen LogP contribution in [0.5, 0.6) is 0 Å². The molecule has 3 nitrogen and oxygen atoms in total. The molecule has 0 spiro atoms. The van der Waals surface area contributed by atoms with Gasteiger partial charge in [-0.1, -0.05) is 12.1 Å². The summed E-state index contributed by atoms with van der Waals surface area (Å²) in [6, 6.07) is 8.71. The summed E-state index contributed by atoms with van der Waals surface area (Å²) in [6.45, 7) is 1.47. The van der Waals surface area contributed by atoms with Gasteiger partial charge in [-0.3, -0.25) is 4.79 Å². The molecule has 14 heavy (non-hydrogen) atoms. The van der Waals surface area contributed by atoms with E-state index in [9.17, 15) is 4.79 Å². The maximum absolute atomic E-state index is 10.9. The second-order valence-corrected chi connectivity index (χ2v) is 3.23. The lowest BCUT2D eigenvalue weighted by molar-refractivity contribution is -0.118. The highest BCUT2D eigenvalue weighted by Gasteiger charge is 2.08. The van der Waals surface area contributed by atoms with E-state index >= 15 is 0 Å². The molecule has 0 aliphatic rings. The molecule has 0 saturated carbocycles. The summed E-state index contributed by atoms with van der Waals surface area (Å²) in [5, 5.41) is 8.66. The van der Waals surface area contributed by atoms with Gasteiger partial charge in [-0.05, 0) is 31.0 Å². The third kappa shape index (κ3) is 2.68. The van der Waals surface area contributed by atoms with Crippen molar-refractivity contribution in [2.75, 3.05) is 0 Å². The van der Waals surface area contributed by atoms with Gasteiger partial charge >= 0.3 is 0 Å². The third-order valence-corrected chi connectivity index (χ3v) is 2.03. The maximum Gasteiger partial charge on any atom is 0.146 e. The number of nitrogens with two attached hydrogens (primary N) is 1. The Bertz CT molecular complexity index is 379. The molecule has 0 aliphatic carbocycles. The Morgan fingerprint density at radius 1 is 1.64 bits per heavy atom. The van der Waals surface area contributed by atoms with E-state index in [1.165, 1.54) is 6.92 Å². The zero-order valence-electron chi connectivity index (χ0n) is 8.03. The highest BCUT2D eigenvalue weighted by molar-refractivity contribution is 5.81. The summed E-state index contributed by atoms with van der Waals surface area (Å²) in [7, 11) is 0. The van der Waals surface area contributed by atoms with Crippen molar-refractivity contribution in [1.82, 2.24) is 0 Å². The van der Waals surface area contributed by atoms with Gasteiger partial charge < -0.3 is 5.73 Å². The largest absolute Gasteiger partial charge is 0.321 e. The van der Waals surface area contributed by atoms with Crippen molar-refractivity contribution < 1.29 is 4.79 Å². The van der Waals surface area contributed by atoms with Gasteiger partial charge in [0.05, 0.1) is 17.7 Å². The number of hydrogen-bond acceptors (Lipinski definition) is 3. The van der Waals surface area contributed by atoms with Crippen LogP contribution in [0.2, 0.25) is 0 Å². The number of nitriles is 1. The van der Waals surface area contributed by atoms with Crippen LogP contribution in [-0.4, -0.2) is 11.8 Å². The van der Waals surface area contributed by atoms with Crippen molar-refractivity contribution in [3.05, 3.63) is 35.4 Å². The normalized spacial score (nSPS) is 11.8. The summed E-state index contributed by atoms with van der Waals surface area (Å²) in [5.74, 6) is -0.0349. The molecule has 0 saturated heterocycles. The first kappa shape index (κ1) is 10.4. The topological polar surface area (TPSA) is 66.9 Å². The average molecular weight is 188 g/mol. The molecule has 0 aliphatic heterocycles. The summed E-state index contributed by atoms with van der Waals surface area (Å²) in [4.78, 5) is 10.9. The molecule has 1 aromatic carbocycles. The molecule has 0 aromatic heterocycles. The van der Waals surface area contributed by atoms with E-state index in [0.29, 0.717) is 12.0 Å². The fraction of sp³-hybridized carbons (Fsp3) is 0.273. The third-order valence-electron chi connectivity index (χ3n) is 2.03. The monoisotopic (exact) mass is 188 g/mol. The zero-order chi connectivity index (χ0) is 10.6. The quantitative estimate of drug-likeness (QED) is 0.770. The van der Waals surface area contributed by atoms with Gasteiger partial charge in [-0.2, -0.15) is 5.26 Å². The fourth-order valence-corrected chi connectivity index (χ4v) is 1.17. The van der Waals surface area contributed by atoms with Gasteiger partial charge in [0.15, 0.2) is 0 Å². The molecule has 3 heteroatoms. The predicted molar refractivity (Wildman–Crippen MR) is 53.5 cm³/mol. The standard InChI is InChI=1S/C11H12N2O/c1-8(14)11(13)6-9-3-2-4-10(5-9)7-12/h2-5,11H,6,13H2,1H3. The number of carbonyl (C=O) groups excluding carboxylic acids is 1. The summed E-state index contributed by atoms with van der Waals surface area (Å²) in [6.07, 6.45) is 0.491. The molecular formula is C11H12N2O. The Morgan fingerprint density at radius 3 is 2.93 bits per heavy atom. The molecule has 1 aromatic rings. The minimum atomic E-state index is -0.469. The summed E-state index contributed by atoms with van der Waals surface area (Å²) in [5.41, 5.74) is 7.13. The smallest absolute Gasteiger partial charge is 0.146 e. The van der Waals surface area contributed by atoms with Crippen molar-refractivity contribution in [2.45, 2.75) is 19.4 Å².